The number of hydrogen-bond acceptors (Lipinski definition) is 1. The van der Waals surface area contributed by atoms with Crippen molar-refractivity contribution in [3.05, 3.63) is 0 Å². The largest absolute Gasteiger partial charge is 0.314 e. The average Bonchev–Trinajstić information content (AvgIpc) is 3.02. The molecule has 1 atom stereocenters. The molecule has 1 unspecified atom stereocenters. The third kappa shape index (κ3) is 4.00. The van der Waals surface area contributed by atoms with Gasteiger partial charge in [-0.05, 0) is 44.1 Å². The molecule has 1 heteroatoms. The van der Waals surface area contributed by atoms with Crippen molar-refractivity contribution in [3.8, 4) is 0 Å². The molecule has 0 radical (unpaired) electrons. The minimum Gasteiger partial charge on any atom is -0.314 e. The summed E-state index contributed by atoms with van der Waals surface area (Å²) < 4.78 is 0. The smallest absolute Gasteiger partial charge is 0.00979 e. The van der Waals surface area contributed by atoms with E-state index in [9.17, 15) is 0 Å². The van der Waals surface area contributed by atoms with Gasteiger partial charge in [-0.25, -0.2) is 0 Å². The zero-order valence-electron chi connectivity index (χ0n) is 10.2. The van der Waals surface area contributed by atoms with Gasteiger partial charge in [0, 0.05) is 6.04 Å². The Bertz CT molecular complexity index is 136. The maximum absolute atomic E-state index is 3.73. The van der Waals surface area contributed by atoms with Crippen LogP contribution in [0.5, 0.6) is 0 Å². The van der Waals surface area contributed by atoms with Gasteiger partial charge in [-0.2, -0.15) is 0 Å². The first-order valence-corrected chi connectivity index (χ1v) is 6.55. The highest BCUT2D eigenvalue weighted by Crippen LogP contribution is 2.36. The summed E-state index contributed by atoms with van der Waals surface area (Å²) in [6.45, 7) is 8.13. The second-order valence-electron chi connectivity index (χ2n) is 4.82. The molecule has 0 aromatic carbocycles. The van der Waals surface area contributed by atoms with Crippen LogP contribution < -0.4 is 5.32 Å². The summed E-state index contributed by atoms with van der Waals surface area (Å²) in [6, 6.07) is 0.833. The molecular formula is C13H27N. The molecule has 84 valence electrons. The van der Waals surface area contributed by atoms with Crippen LogP contribution in [-0.4, -0.2) is 12.6 Å². The van der Waals surface area contributed by atoms with E-state index >= 15 is 0 Å². The van der Waals surface area contributed by atoms with Gasteiger partial charge in [0.2, 0.25) is 0 Å². The van der Waals surface area contributed by atoms with E-state index in [4.69, 9.17) is 0 Å². The number of hydrogen-bond donors (Lipinski definition) is 1. The summed E-state index contributed by atoms with van der Waals surface area (Å²) in [6.07, 6.45) is 8.34. The van der Waals surface area contributed by atoms with Crippen LogP contribution in [0.1, 0.15) is 59.3 Å². The summed E-state index contributed by atoms with van der Waals surface area (Å²) in [5, 5.41) is 3.73. The molecule has 14 heavy (non-hydrogen) atoms. The molecule has 1 aliphatic rings. The lowest BCUT2D eigenvalue weighted by Crippen LogP contribution is -2.33. The molecule has 0 amide bonds. The van der Waals surface area contributed by atoms with Crippen molar-refractivity contribution in [3.63, 3.8) is 0 Å². The van der Waals surface area contributed by atoms with Crippen LogP contribution in [-0.2, 0) is 0 Å². The second kappa shape index (κ2) is 6.44. The standard InChI is InChI=1S/C13H27N/c1-4-9-14-13(12-7-8-12)10-11(5-2)6-3/h11-14H,4-10H2,1-3H3. The molecule has 0 heterocycles. The molecule has 0 bridgehead atoms. The molecule has 1 fully saturated rings. The molecule has 1 N–H and O–H groups in total. The van der Waals surface area contributed by atoms with E-state index in [1.54, 1.807) is 0 Å². The van der Waals surface area contributed by atoms with Crippen molar-refractivity contribution < 1.29 is 0 Å². The molecule has 0 spiro atoms. The minimum atomic E-state index is 0.833. The summed E-state index contributed by atoms with van der Waals surface area (Å²) >= 11 is 0. The van der Waals surface area contributed by atoms with E-state index in [0.717, 1.165) is 17.9 Å². The first-order chi connectivity index (χ1) is 6.81. The fraction of sp³-hybridized carbons (Fsp3) is 1.00. The van der Waals surface area contributed by atoms with E-state index < -0.39 is 0 Å². The van der Waals surface area contributed by atoms with E-state index in [0.29, 0.717) is 0 Å². The van der Waals surface area contributed by atoms with Crippen LogP contribution in [0.25, 0.3) is 0 Å². The predicted molar refractivity (Wildman–Crippen MR) is 63.5 cm³/mol. The van der Waals surface area contributed by atoms with Crippen molar-refractivity contribution in [1.82, 2.24) is 5.32 Å². The van der Waals surface area contributed by atoms with Crippen molar-refractivity contribution in [2.45, 2.75) is 65.3 Å². The molecule has 0 aromatic rings. The van der Waals surface area contributed by atoms with E-state index in [2.05, 4.69) is 26.1 Å². The third-order valence-electron chi connectivity index (χ3n) is 3.59. The highest BCUT2D eigenvalue weighted by molar-refractivity contribution is 4.87. The number of rotatable bonds is 8. The summed E-state index contributed by atoms with van der Waals surface area (Å²) in [5.41, 5.74) is 0. The van der Waals surface area contributed by atoms with Gasteiger partial charge in [-0.1, -0.05) is 33.6 Å². The fourth-order valence-corrected chi connectivity index (χ4v) is 2.25. The Kier molecular flexibility index (Phi) is 5.54. The van der Waals surface area contributed by atoms with Crippen LogP contribution >= 0.6 is 0 Å². The molecule has 0 saturated heterocycles. The highest BCUT2D eigenvalue weighted by atomic mass is 14.9. The topological polar surface area (TPSA) is 12.0 Å². The Balaban J connectivity index is 2.26. The van der Waals surface area contributed by atoms with E-state index in [1.807, 2.05) is 0 Å². The molecule has 0 aromatic heterocycles. The van der Waals surface area contributed by atoms with Crippen LogP contribution in [0.2, 0.25) is 0 Å². The molecule has 1 aliphatic carbocycles. The van der Waals surface area contributed by atoms with Gasteiger partial charge in [0.05, 0.1) is 0 Å². The zero-order chi connectivity index (χ0) is 10.4. The van der Waals surface area contributed by atoms with Gasteiger partial charge in [-0.3, -0.25) is 0 Å². The fourth-order valence-electron chi connectivity index (χ4n) is 2.25. The third-order valence-corrected chi connectivity index (χ3v) is 3.59. The monoisotopic (exact) mass is 197 g/mol. The lowest BCUT2D eigenvalue weighted by Gasteiger charge is -2.22. The van der Waals surface area contributed by atoms with Crippen LogP contribution in [0, 0.1) is 11.8 Å². The Hall–Kier alpha value is -0.0400. The lowest BCUT2D eigenvalue weighted by molar-refractivity contribution is 0.340. The summed E-state index contributed by atoms with van der Waals surface area (Å²) in [4.78, 5) is 0. The van der Waals surface area contributed by atoms with E-state index in [-0.39, 0.29) is 0 Å². The lowest BCUT2D eigenvalue weighted by atomic mass is 9.92. The van der Waals surface area contributed by atoms with Crippen molar-refractivity contribution >= 4 is 0 Å². The van der Waals surface area contributed by atoms with Gasteiger partial charge in [0.25, 0.3) is 0 Å². The minimum absolute atomic E-state index is 0.833. The normalized spacial score (nSPS) is 18.9. The first-order valence-electron chi connectivity index (χ1n) is 6.55. The molecular weight excluding hydrogens is 170 g/mol. The van der Waals surface area contributed by atoms with Crippen molar-refractivity contribution in [2.24, 2.45) is 11.8 Å². The maximum atomic E-state index is 3.73. The molecule has 0 aliphatic heterocycles. The van der Waals surface area contributed by atoms with Crippen molar-refractivity contribution in [1.29, 1.82) is 0 Å². The first kappa shape index (κ1) is 12.0. The SMILES string of the molecule is CCCNC(CC(CC)CC)C1CC1. The van der Waals surface area contributed by atoms with Crippen LogP contribution in [0.15, 0.2) is 0 Å². The summed E-state index contributed by atoms with van der Waals surface area (Å²) in [5.74, 6) is 1.96. The van der Waals surface area contributed by atoms with Gasteiger partial charge in [-0.15, -0.1) is 0 Å². The quantitative estimate of drug-likeness (QED) is 0.627. The Labute approximate surface area is 89.7 Å². The number of nitrogens with one attached hydrogen (secondary N) is 1. The maximum Gasteiger partial charge on any atom is 0.00979 e. The van der Waals surface area contributed by atoms with E-state index in [1.165, 1.54) is 45.1 Å². The Morgan fingerprint density at radius 2 is 1.79 bits per heavy atom. The van der Waals surface area contributed by atoms with Crippen LogP contribution in [0.3, 0.4) is 0 Å². The van der Waals surface area contributed by atoms with Gasteiger partial charge in [0.15, 0.2) is 0 Å². The predicted octanol–water partition coefficient (Wildman–Crippen LogP) is 3.59. The van der Waals surface area contributed by atoms with Gasteiger partial charge in [0.1, 0.15) is 0 Å². The molecule has 1 saturated carbocycles. The summed E-state index contributed by atoms with van der Waals surface area (Å²) in [7, 11) is 0. The van der Waals surface area contributed by atoms with Gasteiger partial charge >= 0.3 is 0 Å². The molecule has 1 nitrogen and oxygen atoms in total. The average molecular weight is 197 g/mol. The molecule has 1 rings (SSSR count). The van der Waals surface area contributed by atoms with Gasteiger partial charge < -0.3 is 5.32 Å². The Morgan fingerprint density at radius 1 is 1.14 bits per heavy atom. The second-order valence-corrected chi connectivity index (χ2v) is 4.82. The zero-order valence-corrected chi connectivity index (χ0v) is 10.2. The Morgan fingerprint density at radius 3 is 2.21 bits per heavy atom. The highest BCUT2D eigenvalue weighted by Gasteiger charge is 2.31. The van der Waals surface area contributed by atoms with Crippen molar-refractivity contribution in [2.75, 3.05) is 6.54 Å². The van der Waals surface area contributed by atoms with Crippen LogP contribution in [0.4, 0.5) is 0 Å².